The number of carbonyl (C=O) groups is 1. The van der Waals surface area contributed by atoms with Crippen LogP contribution < -0.4 is 10.1 Å². The number of benzene rings is 1. The van der Waals surface area contributed by atoms with Crippen LogP contribution in [0.4, 0.5) is 5.95 Å². The molecule has 6 nitrogen and oxygen atoms in total. The van der Waals surface area contributed by atoms with E-state index in [4.69, 9.17) is 4.74 Å². The quantitative estimate of drug-likeness (QED) is 0.929. The molecular formula is C19H22N4O2. The molecule has 0 amide bonds. The van der Waals surface area contributed by atoms with Crippen LogP contribution in [0.15, 0.2) is 41.9 Å². The second kappa shape index (κ2) is 5.72. The summed E-state index contributed by atoms with van der Waals surface area (Å²) < 4.78 is 7.33. The van der Waals surface area contributed by atoms with Crippen molar-refractivity contribution in [3.8, 4) is 5.75 Å². The van der Waals surface area contributed by atoms with E-state index < -0.39 is 0 Å². The van der Waals surface area contributed by atoms with E-state index in [2.05, 4.69) is 29.2 Å². The third-order valence-electron chi connectivity index (χ3n) is 4.78. The van der Waals surface area contributed by atoms with Crippen molar-refractivity contribution >= 4 is 11.7 Å². The Morgan fingerprint density at radius 3 is 2.76 bits per heavy atom. The topological polar surface area (TPSA) is 69.0 Å². The van der Waals surface area contributed by atoms with Crippen LogP contribution in [0.5, 0.6) is 5.75 Å². The second-order valence-electron chi connectivity index (χ2n) is 7.39. The summed E-state index contributed by atoms with van der Waals surface area (Å²) in [5.74, 6) is 1.69. The van der Waals surface area contributed by atoms with Crippen LogP contribution in [0.1, 0.15) is 45.2 Å². The summed E-state index contributed by atoms with van der Waals surface area (Å²) in [6, 6.07) is 7.64. The fourth-order valence-corrected chi connectivity index (χ4v) is 3.77. The Labute approximate surface area is 146 Å². The van der Waals surface area contributed by atoms with E-state index in [0.29, 0.717) is 19.0 Å². The average molecular weight is 338 g/mol. The number of Topliss-reactive ketones (excluding diaryl/α,β-unsaturated/α-hetero) is 1. The summed E-state index contributed by atoms with van der Waals surface area (Å²) in [5, 5.41) is 7.68. The van der Waals surface area contributed by atoms with Crippen molar-refractivity contribution < 1.29 is 9.53 Å². The van der Waals surface area contributed by atoms with Gasteiger partial charge in [-0.2, -0.15) is 10.1 Å². The number of nitrogens with one attached hydrogen (secondary N) is 1. The van der Waals surface area contributed by atoms with Crippen LogP contribution in [0, 0.1) is 5.41 Å². The molecule has 130 valence electrons. The average Bonchev–Trinajstić information content (AvgIpc) is 3.01. The highest BCUT2D eigenvalue weighted by Crippen LogP contribution is 2.45. The minimum Gasteiger partial charge on any atom is -0.494 e. The summed E-state index contributed by atoms with van der Waals surface area (Å²) in [4.78, 5) is 17.3. The van der Waals surface area contributed by atoms with Gasteiger partial charge in [-0.05, 0) is 36.5 Å². The first kappa shape index (κ1) is 15.9. The number of carbonyl (C=O) groups excluding carboxylic acids is 1. The zero-order chi connectivity index (χ0) is 17.6. The standard InChI is InChI=1S/C19H22N4O2/c1-4-25-13-7-5-12(6-8-13)17-16-14(9-19(2,3)10-15(16)24)22-18-20-11-21-23(17)18/h5-8,11,17H,4,9-10H2,1-3H3,(H,20,21,22)/t17-/m0/s1. The first-order chi connectivity index (χ1) is 12.0. The van der Waals surface area contributed by atoms with Crippen molar-refractivity contribution in [1.29, 1.82) is 0 Å². The number of hydrogen-bond acceptors (Lipinski definition) is 5. The Balaban J connectivity index is 1.81. The number of rotatable bonds is 3. The van der Waals surface area contributed by atoms with Gasteiger partial charge in [0.25, 0.3) is 0 Å². The lowest BCUT2D eigenvalue weighted by Crippen LogP contribution is -2.36. The Morgan fingerprint density at radius 2 is 2.04 bits per heavy atom. The summed E-state index contributed by atoms with van der Waals surface area (Å²) in [7, 11) is 0. The highest BCUT2D eigenvalue weighted by Gasteiger charge is 2.41. The lowest BCUT2D eigenvalue weighted by atomic mass is 9.73. The highest BCUT2D eigenvalue weighted by atomic mass is 16.5. The molecule has 1 aromatic carbocycles. The first-order valence-corrected chi connectivity index (χ1v) is 8.64. The number of nitrogens with zero attached hydrogens (tertiary/aromatic N) is 3. The Hall–Kier alpha value is -2.63. The van der Waals surface area contributed by atoms with Crippen molar-refractivity contribution in [2.24, 2.45) is 5.41 Å². The summed E-state index contributed by atoms with van der Waals surface area (Å²) in [5.41, 5.74) is 2.74. The van der Waals surface area contributed by atoms with E-state index in [1.807, 2.05) is 31.2 Å². The third-order valence-corrected chi connectivity index (χ3v) is 4.78. The number of fused-ring (bicyclic) bond motifs is 1. The predicted octanol–water partition coefficient (Wildman–Crippen LogP) is 3.33. The summed E-state index contributed by atoms with van der Waals surface area (Å²) in [6.07, 6.45) is 2.90. The number of ketones is 1. The van der Waals surface area contributed by atoms with E-state index in [1.165, 1.54) is 6.33 Å². The van der Waals surface area contributed by atoms with E-state index >= 15 is 0 Å². The van der Waals surface area contributed by atoms with Gasteiger partial charge in [-0.1, -0.05) is 26.0 Å². The molecule has 2 aromatic rings. The zero-order valence-electron chi connectivity index (χ0n) is 14.7. The SMILES string of the molecule is CCOc1ccc([C@H]2C3=C(CC(C)(C)CC3=O)Nc3ncnn32)cc1. The summed E-state index contributed by atoms with van der Waals surface area (Å²) in [6.45, 7) is 6.84. The molecule has 1 N–H and O–H groups in total. The molecule has 1 aliphatic carbocycles. The van der Waals surface area contributed by atoms with Crippen LogP contribution in [0.25, 0.3) is 0 Å². The Kier molecular flexibility index (Phi) is 3.63. The van der Waals surface area contributed by atoms with Crippen molar-refractivity contribution in [2.45, 2.75) is 39.7 Å². The number of hydrogen-bond donors (Lipinski definition) is 1. The molecule has 25 heavy (non-hydrogen) atoms. The molecule has 4 rings (SSSR count). The van der Waals surface area contributed by atoms with Gasteiger partial charge in [0.1, 0.15) is 18.1 Å². The minimum absolute atomic E-state index is 0.0471. The van der Waals surface area contributed by atoms with Crippen molar-refractivity contribution in [2.75, 3.05) is 11.9 Å². The molecule has 0 bridgehead atoms. The monoisotopic (exact) mass is 338 g/mol. The lowest BCUT2D eigenvalue weighted by molar-refractivity contribution is -0.118. The molecule has 0 saturated carbocycles. The van der Waals surface area contributed by atoms with Gasteiger partial charge in [0, 0.05) is 17.7 Å². The molecule has 2 aliphatic rings. The molecule has 1 aromatic heterocycles. The molecule has 1 aliphatic heterocycles. The third kappa shape index (κ3) is 2.71. The van der Waals surface area contributed by atoms with Gasteiger partial charge in [0.2, 0.25) is 5.95 Å². The number of anilines is 1. The van der Waals surface area contributed by atoms with Gasteiger partial charge >= 0.3 is 0 Å². The van der Waals surface area contributed by atoms with E-state index in [9.17, 15) is 4.79 Å². The molecule has 0 spiro atoms. The van der Waals surface area contributed by atoms with Gasteiger partial charge in [-0.3, -0.25) is 4.79 Å². The Morgan fingerprint density at radius 1 is 1.28 bits per heavy atom. The molecule has 0 fully saturated rings. The summed E-state index contributed by atoms with van der Waals surface area (Å²) >= 11 is 0. The number of ether oxygens (including phenoxy) is 1. The van der Waals surface area contributed by atoms with Crippen LogP contribution in [-0.4, -0.2) is 27.2 Å². The van der Waals surface area contributed by atoms with E-state index in [0.717, 1.165) is 29.0 Å². The molecule has 1 atom stereocenters. The van der Waals surface area contributed by atoms with Crippen LogP contribution in [-0.2, 0) is 4.79 Å². The molecule has 0 saturated heterocycles. The van der Waals surface area contributed by atoms with Gasteiger partial charge in [-0.15, -0.1) is 0 Å². The van der Waals surface area contributed by atoms with E-state index in [-0.39, 0.29) is 17.2 Å². The molecule has 6 heteroatoms. The number of aromatic nitrogens is 3. The lowest BCUT2D eigenvalue weighted by Gasteiger charge is -2.38. The van der Waals surface area contributed by atoms with Crippen LogP contribution in [0.3, 0.4) is 0 Å². The maximum atomic E-state index is 12.9. The first-order valence-electron chi connectivity index (χ1n) is 8.64. The van der Waals surface area contributed by atoms with Crippen molar-refractivity contribution in [3.05, 3.63) is 47.4 Å². The van der Waals surface area contributed by atoms with Crippen molar-refractivity contribution in [1.82, 2.24) is 14.8 Å². The molecule has 0 radical (unpaired) electrons. The molecule has 2 heterocycles. The van der Waals surface area contributed by atoms with Gasteiger partial charge in [-0.25, -0.2) is 4.68 Å². The van der Waals surface area contributed by atoms with Crippen LogP contribution in [0.2, 0.25) is 0 Å². The largest absolute Gasteiger partial charge is 0.494 e. The Bertz CT molecular complexity index is 849. The van der Waals surface area contributed by atoms with Crippen LogP contribution >= 0.6 is 0 Å². The second-order valence-corrected chi connectivity index (χ2v) is 7.39. The van der Waals surface area contributed by atoms with E-state index in [1.54, 1.807) is 4.68 Å². The normalized spacial score (nSPS) is 21.4. The maximum absolute atomic E-state index is 12.9. The zero-order valence-corrected chi connectivity index (χ0v) is 14.7. The molecular weight excluding hydrogens is 316 g/mol. The van der Waals surface area contributed by atoms with Gasteiger partial charge < -0.3 is 10.1 Å². The smallest absolute Gasteiger partial charge is 0.226 e. The van der Waals surface area contributed by atoms with Gasteiger partial charge in [0.05, 0.1) is 6.61 Å². The number of allylic oxidation sites excluding steroid dienone is 2. The molecule has 0 unspecified atom stereocenters. The van der Waals surface area contributed by atoms with Crippen molar-refractivity contribution in [3.63, 3.8) is 0 Å². The minimum atomic E-state index is -0.243. The van der Waals surface area contributed by atoms with Gasteiger partial charge in [0.15, 0.2) is 5.78 Å². The highest BCUT2D eigenvalue weighted by molar-refractivity contribution is 6.00. The maximum Gasteiger partial charge on any atom is 0.226 e. The fraction of sp³-hybridized carbons (Fsp3) is 0.421. The fourth-order valence-electron chi connectivity index (χ4n) is 3.77. The predicted molar refractivity (Wildman–Crippen MR) is 94.4 cm³/mol.